The lowest BCUT2D eigenvalue weighted by atomic mass is 10.0. The first-order valence-corrected chi connectivity index (χ1v) is 9.88. The van der Waals surface area contributed by atoms with Gasteiger partial charge >= 0.3 is 5.97 Å². The van der Waals surface area contributed by atoms with Crippen LogP contribution in [0.1, 0.15) is 38.7 Å². The van der Waals surface area contributed by atoms with Crippen LogP contribution in [0.25, 0.3) is 0 Å². The number of carbonyl (C=O) groups is 3. The number of amides is 2. The third-order valence-electron chi connectivity index (χ3n) is 4.83. The Hall–Kier alpha value is -2.02. The van der Waals surface area contributed by atoms with Crippen LogP contribution in [0.5, 0.6) is 0 Å². The van der Waals surface area contributed by atoms with Gasteiger partial charge in [-0.15, -0.1) is 0 Å². The van der Waals surface area contributed by atoms with Gasteiger partial charge < -0.3 is 15.3 Å². The summed E-state index contributed by atoms with van der Waals surface area (Å²) in [4.78, 5) is 38.5. The monoisotopic (exact) mass is 392 g/mol. The molecule has 1 aromatic carbocycles. The molecule has 2 amide bonds. The quantitative estimate of drug-likeness (QED) is 0.621. The summed E-state index contributed by atoms with van der Waals surface area (Å²) in [6, 6.07) is 7.97. The van der Waals surface area contributed by atoms with Crippen LogP contribution in [-0.4, -0.2) is 51.7 Å². The van der Waals surface area contributed by atoms with Crippen LogP contribution in [0.3, 0.4) is 0 Å². The van der Waals surface area contributed by atoms with E-state index in [1.54, 1.807) is 13.8 Å². The second-order valence-corrected chi connectivity index (χ2v) is 7.94. The summed E-state index contributed by atoms with van der Waals surface area (Å²) in [5.41, 5.74) is 0.993. The largest absolute Gasteiger partial charge is 0.480 e. The van der Waals surface area contributed by atoms with E-state index in [0.29, 0.717) is 19.4 Å². The van der Waals surface area contributed by atoms with E-state index in [2.05, 4.69) is 17.9 Å². The summed E-state index contributed by atoms with van der Waals surface area (Å²) in [7, 11) is 0. The maximum Gasteiger partial charge on any atom is 0.326 e. The van der Waals surface area contributed by atoms with Crippen molar-refractivity contribution in [3.05, 3.63) is 35.9 Å². The molecule has 0 saturated carbocycles. The minimum atomic E-state index is -1.01. The van der Waals surface area contributed by atoms with Crippen LogP contribution in [0.2, 0.25) is 0 Å². The number of hydrogen-bond donors (Lipinski definition) is 3. The Balaban J connectivity index is 2.06. The lowest BCUT2D eigenvalue weighted by Crippen LogP contribution is -2.55. The maximum absolute atomic E-state index is 12.9. The predicted molar refractivity (Wildman–Crippen MR) is 107 cm³/mol. The van der Waals surface area contributed by atoms with E-state index in [1.165, 1.54) is 4.90 Å². The fraction of sp³-hybridized carbons (Fsp3) is 0.550. The number of thiol groups is 1. The van der Waals surface area contributed by atoms with Gasteiger partial charge in [0, 0.05) is 6.54 Å². The molecule has 27 heavy (non-hydrogen) atoms. The molecule has 0 unspecified atom stereocenters. The number of aliphatic carboxylic acids is 1. The van der Waals surface area contributed by atoms with Crippen LogP contribution < -0.4 is 5.32 Å². The molecular formula is C20H28N2O4S. The van der Waals surface area contributed by atoms with Crippen LogP contribution in [-0.2, 0) is 20.8 Å². The van der Waals surface area contributed by atoms with E-state index in [0.717, 1.165) is 18.4 Å². The van der Waals surface area contributed by atoms with Crippen molar-refractivity contribution in [3.8, 4) is 0 Å². The second kappa shape index (κ2) is 9.78. The number of carboxylic acid groups (broad SMARTS) is 1. The van der Waals surface area contributed by atoms with Crippen LogP contribution >= 0.6 is 12.6 Å². The number of hydrogen-bond acceptors (Lipinski definition) is 4. The predicted octanol–water partition coefficient (Wildman–Crippen LogP) is 2.13. The van der Waals surface area contributed by atoms with Gasteiger partial charge in [0.25, 0.3) is 0 Å². The fourth-order valence-electron chi connectivity index (χ4n) is 3.45. The van der Waals surface area contributed by atoms with Crippen LogP contribution in [0.15, 0.2) is 30.3 Å². The molecule has 0 aromatic heterocycles. The minimum absolute atomic E-state index is 0.211. The molecule has 1 aliphatic rings. The Morgan fingerprint density at radius 2 is 1.93 bits per heavy atom. The van der Waals surface area contributed by atoms with E-state index in [-0.39, 0.29) is 17.7 Å². The molecule has 148 valence electrons. The van der Waals surface area contributed by atoms with Crippen molar-refractivity contribution in [3.63, 3.8) is 0 Å². The minimum Gasteiger partial charge on any atom is -0.480 e. The summed E-state index contributed by atoms with van der Waals surface area (Å²) in [5.74, 6) is -1.85. The van der Waals surface area contributed by atoms with E-state index >= 15 is 0 Å². The average Bonchev–Trinajstić information content (AvgIpc) is 2.78. The number of rotatable bonds is 7. The van der Waals surface area contributed by atoms with Crippen molar-refractivity contribution < 1.29 is 19.5 Å². The molecule has 1 saturated heterocycles. The third kappa shape index (κ3) is 5.73. The molecule has 1 aromatic rings. The molecule has 1 fully saturated rings. The van der Waals surface area contributed by atoms with Gasteiger partial charge in [-0.1, -0.05) is 44.2 Å². The van der Waals surface area contributed by atoms with Crippen molar-refractivity contribution in [2.75, 3.05) is 6.54 Å². The Bertz CT molecular complexity index is 665. The van der Waals surface area contributed by atoms with Gasteiger partial charge in [0.05, 0.1) is 5.25 Å². The van der Waals surface area contributed by atoms with Crippen molar-refractivity contribution in [2.45, 2.75) is 56.9 Å². The van der Waals surface area contributed by atoms with Gasteiger partial charge in [-0.05, 0) is 37.2 Å². The number of carboxylic acids is 1. The fourth-order valence-corrected chi connectivity index (χ4v) is 3.74. The van der Waals surface area contributed by atoms with E-state index in [4.69, 9.17) is 0 Å². The summed E-state index contributed by atoms with van der Waals surface area (Å²) >= 11 is 4.39. The number of carbonyl (C=O) groups excluding carboxylic acids is 2. The molecule has 1 heterocycles. The highest BCUT2D eigenvalue weighted by atomic mass is 32.1. The van der Waals surface area contributed by atoms with Gasteiger partial charge in [-0.3, -0.25) is 9.59 Å². The number of nitrogens with one attached hydrogen (secondary N) is 1. The van der Waals surface area contributed by atoms with Gasteiger partial charge in [0.1, 0.15) is 12.1 Å². The van der Waals surface area contributed by atoms with Gasteiger partial charge in [0.2, 0.25) is 11.8 Å². The topological polar surface area (TPSA) is 86.7 Å². The van der Waals surface area contributed by atoms with E-state index in [1.807, 2.05) is 30.3 Å². The SMILES string of the molecule is CC(C)[C@@H](C(=O)O)N1CCCC[C@H](NC(=O)[C@@H](S)Cc2ccccc2)C1=O. The first kappa shape index (κ1) is 21.3. The van der Waals surface area contributed by atoms with Gasteiger partial charge in [-0.2, -0.15) is 12.6 Å². The molecule has 0 bridgehead atoms. The third-order valence-corrected chi connectivity index (χ3v) is 5.25. The average molecular weight is 393 g/mol. The Kier molecular flexibility index (Phi) is 7.71. The highest BCUT2D eigenvalue weighted by molar-refractivity contribution is 7.81. The molecular weight excluding hydrogens is 364 g/mol. The number of benzene rings is 1. The first-order valence-electron chi connectivity index (χ1n) is 9.37. The Morgan fingerprint density at radius 3 is 2.52 bits per heavy atom. The molecule has 2 rings (SSSR count). The standard InChI is InChI=1S/C20H28N2O4S/c1-13(2)17(20(25)26)22-11-7-6-10-15(19(22)24)21-18(23)16(27)12-14-8-4-3-5-9-14/h3-5,8-9,13,15-17,27H,6-7,10-12H2,1-2H3,(H,21,23)(H,25,26)/t15-,16-,17-/m0/s1. The number of likely N-dealkylation sites (tertiary alicyclic amines) is 1. The molecule has 1 aliphatic heterocycles. The second-order valence-electron chi connectivity index (χ2n) is 7.32. The molecule has 0 radical (unpaired) electrons. The normalized spacial score (nSPS) is 20.1. The van der Waals surface area contributed by atoms with Gasteiger partial charge in [0.15, 0.2) is 0 Å². The zero-order valence-electron chi connectivity index (χ0n) is 15.8. The molecule has 7 heteroatoms. The van der Waals surface area contributed by atoms with Crippen LogP contribution in [0.4, 0.5) is 0 Å². The van der Waals surface area contributed by atoms with E-state index in [9.17, 15) is 19.5 Å². The summed E-state index contributed by atoms with van der Waals surface area (Å²) < 4.78 is 0. The summed E-state index contributed by atoms with van der Waals surface area (Å²) in [6.07, 6.45) is 2.46. The van der Waals surface area contributed by atoms with Crippen molar-refractivity contribution in [2.24, 2.45) is 5.92 Å². The lowest BCUT2D eigenvalue weighted by Gasteiger charge is -2.32. The highest BCUT2D eigenvalue weighted by Gasteiger charge is 2.37. The van der Waals surface area contributed by atoms with E-state index < -0.39 is 23.3 Å². The van der Waals surface area contributed by atoms with Crippen molar-refractivity contribution in [1.29, 1.82) is 0 Å². The Labute approximate surface area is 165 Å². The van der Waals surface area contributed by atoms with Crippen LogP contribution in [0, 0.1) is 5.92 Å². The number of nitrogens with zero attached hydrogens (tertiary/aromatic N) is 1. The zero-order valence-corrected chi connectivity index (χ0v) is 16.7. The molecule has 6 nitrogen and oxygen atoms in total. The lowest BCUT2D eigenvalue weighted by molar-refractivity contribution is -0.153. The molecule has 3 atom stereocenters. The summed E-state index contributed by atoms with van der Waals surface area (Å²) in [6.45, 7) is 3.97. The van der Waals surface area contributed by atoms with Gasteiger partial charge in [-0.25, -0.2) is 4.79 Å². The molecule has 0 aliphatic carbocycles. The zero-order chi connectivity index (χ0) is 20.0. The molecule has 0 spiro atoms. The molecule has 2 N–H and O–H groups in total. The highest BCUT2D eigenvalue weighted by Crippen LogP contribution is 2.20. The Morgan fingerprint density at radius 1 is 1.26 bits per heavy atom. The maximum atomic E-state index is 12.9. The van der Waals surface area contributed by atoms with Crippen molar-refractivity contribution >= 4 is 30.4 Å². The summed E-state index contributed by atoms with van der Waals surface area (Å²) in [5, 5.41) is 11.8. The smallest absolute Gasteiger partial charge is 0.326 e. The van der Waals surface area contributed by atoms with Crippen molar-refractivity contribution in [1.82, 2.24) is 10.2 Å². The first-order chi connectivity index (χ1) is 12.8.